The molecule has 1 aliphatic rings. The van der Waals surface area contributed by atoms with E-state index in [-0.39, 0.29) is 5.91 Å². The molecular weight excluding hydrogens is 300 g/mol. The molecule has 1 saturated heterocycles. The summed E-state index contributed by atoms with van der Waals surface area (Å²) in [5.41, 5.74) is 2.71. The van der Waals surface area contributed by atoms with Crippen LogP contribution in [-0.4, -0.2) is 33.9 Å². The van der Waals surface area contributed by atoms with Crippen molar-refractivity contribution in [3.8, 4) is 0 Å². The molecule has 0 unspecified atom stereocenters. The molecule has 5 nitrogen and oxygen atoms in total. The van der Waals surface area contributed by atoms with E-state index < -0.39 is 0 Å². The van der Waals surface area contributed by atoms with Crippen LogP contribution < -0.4 is 5.32 Å². The Balaban J connectivity index is 1.79. The number of hydrogen-bond acceptors (Lipinski definition) is 4. The van der Waals surface area contributed by atoms with Crippen molar-refractivity contribution in [1.82, 2.24) is 14.9 Å². The van der Waals surface area contributed by atoms with E-state index in [1.54, 1.807) is 6.07 Å². The highest BCUT2D eigenvalue weighted by molar-refractivity contribution is 5.93. The number of hydrogen-bond donors (Lipinski definition) is 1. The van der Waals surface area contributed by atoms with Gasteiger partial charge in [-0.3, -0.25) is 4.79 Å². The maximum absolute atomic E-state index is 12.5. The highest BCUT2D eigenvalue weighted by Gasteiger charge is 2.21. The third-order valence-electron chi connectivity index (χ3n) is 4.30. The molecule has 5 heteroatoms. The summed E-state index contributed by atoms with van der Waals surface area (Å²) < 4.78 is 0. The van der Waals surface area contributed by atoms with Crippen LogP contribution in [0, 0.1) is 6.92 Å². The summed E-state index contributed by atoms with van der Waals surface area (Å²) in [6.07, 6.45) is 2.15. The van der Waals surface area contributed by atoms with Crippen molar-refractivity contribution in [3.63, 3.8) is 0 Å². The first-order chi connectivity index (χ1) is 11.5. The molecule has 1 aromatic carbocycles. The zero-order chi connectivity index (χ0) is 17.1. The standard InChI is InChI=1S/C19H24N4O/c1-13(2)15-6-8-16(9-7-15)22-18-12-17(20-14(3)21-18)19(24)23-10-4-5-11-23/h6-9,12-13H,4-5,10-11H2,1-3H3,(H,20,21,22). The number of likely N-dealkylation sites (tertiary alicyclic amines) is 1. The second kappa shape index (κ2) is 6.99. The number of benzene rings is 1. The molecule has 1 amide bonds. The quantitative estimate of drug-likeness (QED) is 0.927. The molecule has 0 bridgehead atoms. The molecule has 1 fully saturated rings. The van der Waals surface area contributed by atoms with Gasteiger partial charge in [0, 0.05) is 24.8 Å². The molecule has 3 rings (SSSR count). The Morgan fingerprint density at radius 3 is 2.42 bits per heavy atom. The van der Waals surface area contributed by atoms with Gasteiger partial charge in [0.15, 0.2) is 0 Å². The number of nitrogens with one attached hydrogen (secondary N) is 1. The summed E-state index contributed by atoms with van der Waals surface area (Å²) >= 11 is 0. The van der Waals surface area contributed by atoms with Crippen molar-refractivity contribution < 1.29 is 4.79 Å². The van der Waals surface area contributed by atoms with E-state index in [9.17, 15) is 4.79 Å². The lowest BCUT2D eigenvalue weighted by Crippen LogP contribution is -2.28. The van der Waals surface area contributed by atoms with Crippen LogP contribution >= 0.6 is 0 Å². The lowest BCUT2D eigenvalue weighted by atomic mass is 10.0. The molecule has 24 heavy (non-hydrogen) atoms. The fourth-order valence-electron chi connectivity index (χ4n) is 2.92. The first-order valence-electron chi connectivity index (χ1n) is 8.55. The summed E-state index contributed by atoms with van der Waals surface area (Å²) in [7, 11) is 0. The summed E-state index contributed by atoms with van der Waals surface area (Å²) in [5, 5.41) is 3.27. The largest absolute Gasteiger partial charge is 0.340 e. The van der Waals surface area contributed by atoms with Crippen LogP contribution in [0.5, 0.6) is 0 Å². The van der Waals surface area contributed by atoms with E-state index >= 15 is 0 Å². The normalized spacial score (nSPS) is 14.2. The van der Waals surface area contributed by atoms with Gasteiger partial charge in [-0.15, -0.1) is 0 Å². The minimum atomic E-state index is -0.00351. The number of amides is 1. The first-order valence-corrected chi connectivity index (χ1v) is 8.55. The summed E-state index contributed by atoms with van der Waals surface area (Å²) in [5.74, 6) is 1.75. The van der Waals surface area contributed by atoms with Crippen molar-refractivity contribution in [3.05, 3.63) is 47.4 Å². The number of aromatic nitrogens is 2. The first kappa shape index (κ1) is 16.4. The maximum atomic E-state index is 12.5. The zero-order valence-corrected chi connectivity index (χ0v) is 14.5. The fourth-order valence-corrected chi connectivity index (χ4v) is 2.92. The Hall–Kier alpha value is -2.43. The number of carbonyl (C=O) groups is 1. The monoisotopic (exact) mass is 324 g/mol. The molecule has 0 atom stereocenters. The SMILES string of the molecule is Cc1nc(Nc2ccc(C(C)C)cc2)cc(C(=O)N2CCCC2)n1. The highest BCUT2D eigenvalue weighted by atomic mass is 16.2. The average Bonchev–Trinajstić information content (AvgIpc) is 3.08. The van der Waals surface area contributed by atoms with E-state index in [1.165, 1.54) is 5.56 Å². The topological polar surface area (TPSA) is 58.1 Å². The molecule has 1 aromatic heterocycles. The van der Waals surface area contributed by atoms with Crippen LogP contribution in [0.4, 0.5) is 11.5 Å². The molecule has 0 saturated carbocycles. The number of nitrogens with zero attached hydrogens (tertiary/aromatic N) is 3. The van der Waals surface area contributed by atoms with Gasteiger partial charge in [-0.05, 0) is 43.4 Å². The Labute approximate surface area is 143 Å². The van der Waals surface area contributed by atoms with Gasteiger partial charge in [0.05, 0.1) is 0 Å². The fraction of sp³-hybridized carbons (Fsp3) is 0.421. The Kier molecular flexibility index (Phi) is 4.79. The smallest absolute Gasteiger partial charge is 0.272 e. The Bertz CT molecular complexity index is 719. The molecule has 0 radical (unpaired) electrons. The highest BCUT2D eigenvalue weighted by Crippen LogP contribution is 2.21. The van der Waals surface area contributed by atoms with Gasteiger partial charge in [0.2, 0.25) is 0 Å². The average molecular weight is 324 g/mol. The van der Waals surface area contributed by atoms with Crippen LogP contribution in [0.3, 0.4) is 0 Å². The van der Waals surface area contributed by atoms with E-state index in [4.69, 9.17) is 0 Å². The van der Waals surface area contributed by atoms with E-state index in [1.807, 2.05) is 24.0 Å². The lowest BCUT2D eigenvalue weighted by Gasteiger charge is -2.15. The minimum Gasteiger partial charge on any atom is -0.340 e. The van der Waals surface area contributed by atoms with Gasteiger partial charge in [0.1, 0.15) is 17.3 Å². The summed E-state index contributed by atoms with van der Waals surface area (Å²) in [4.78, 5) is 23.1. The van der Waals surface area contributed by atoms with Gasteiger partial charge in [-0.2, -0.15) is 0 Å². The maximum Gasteiger partial charge on any atom is 0.272 e. The number of carbonyl (C=O) groups excluding carboxylic acids is 1. The molecule has 2 aromatic rings. The summed E-state index contributed by atoms with van der Waals surface area (Å²) in [6.45, 7) is 7.80. The molecule has 126 valence electrons. The van der Waals surface area contributed by atoms with E-state index in [0.29, 0.717) is 23.3 Å². The van der Waals surface area contributed by atoms with Crippen LogP contribution in [0.1, 0.15) is 54.5 Å². The third-order valence-corrected chi connectivity index (χ3v) is 4.30. The van der Waals surface area contributed by atoms with Crippen LogP contribution in [0.2, 0.25) is 0 Å². The minimum absolute atomic E-state index is 0.00351. The molecule has 1 N–H and O–H groups in total. The number of aryl methyl sites for hydroxylation is 1. The van der Waals surface area contributed by atoms with Gasteiger partial charge < -0.3 is 10.2 Å². The van der Waals surface area contributed by atoms with Crippen molar-refractivity contribution in [2.45, 2.75) is 39.5 Å². The van der Waals surface area contributed by atoms with Crippen LogP contribution in [-0.2, 0) is 0 Å². The Morgan fingerprint density at radius 2 is 1.79 bits per heavy atom. The molecule has 1 aliphatic heterocycles. The molecule has 0 spiro atoms. The number of anilines is 2. The third kappa shape index (κ3) is 3.72. The predicted octanol–water partition coefficient (Wildman–Crippen LogP) is 3.89. The molecule has 0 aliphatic carbocycles. The number of rotatable bonds is 4. The molecule has 2 heterocycles. The van der Waals surface area contributed by atoms with E-state index in [0.717, 1.165) is 31.6 Å². The molecular formula is C19H24N4O. The van der Waals surface area contributed by atoms with Gasteiger partial charge in [-0.25, -0.2) is 9.97 Å². The van der Waals surface area contributed by atoms with Gasteiger partial charge in [0.25, 0.3) is 5.91 Å². The lowest BCUT2D eigenvalue weighted by molar-refractivity contribution is 0.0786. The van der Waals surface area contributed by atoms with Gasteiger partial charge >= 0.3 is 0 Å². The van der Waals surface area contributed by atoms with Crippen molar-refractivity contribution in [2.24, 2.45) is 0 Å². The zero-order valence-electron chi connectivity index (χ0n) is 14.5. The predicted molar refractivity (Wildman–Crippen MR) is 95.7 cm³/mol. The second-order valence-electron chi connectivity index (χ2n) is 6.59. The van der Waals surface area contributed by atoms with Crippen molar-refractivity contribution in [1.29, 1.82) is 0 Å². The van der Waals surface area contributed by atoms with Gasteiger partial charge in [-0.1, -0.05) is 26.0 Å². The van der Waals surface area contributed by atoms with Crippen molar-refractivity contribution in [2.75, 3.05) is 18.4 Å². The van der Waals surface area contributed by atoms with E-state index in [2.05, 4.69) is 41.3 Å². The van der Waals surface area contributed by atoms with Crippen LogP contribution in [0.15, 0.2) is 30.3 Å². The van der Waals surface area contributed by atoms with Crippen LogP contribution in [0.25, 0.3) is 0 Å². The summed E-state index contributed by atoms with van der Waals surface area (Å²) in [6, 6.07) is 10.0. The Morgan fingerprint density at radius 1 is 1.12 bits per heavy atom. The second-order valence-corrected chi connectivity index (χ2v) is 6.59. The van der Waals surface area contributed by atoms with Crippen molar-refractivity contribution >= 4 is 17.4 Å².